The average molecular weight is 299 g/mol. The molecule has 0 saturated heterocycles. The van der Waals surface area contributed by atoms with Gasteiger partial charge in [0, 0.05) is 0 Å². The summed E-state index contributed by atoms with van der Waals surface area (Å²) in [5.41, 5.74) is 8.08. The maximum atomic E-state index is 5.71. The molecule has 2 aromatic rings. The third-order valence-electron chi connectivity index (χ3n) is 3.50. The molecule has 3 heteroatoms. The zero-order valence-corrected chi connectivity index (χ0v) is 13.4. The minimum atomic E-state index is 0.526. The molecule has 0 saturated carbocycles. The first kappa shape index (κ1) is 16.4. The summed E-state index contributed by atoms with van der Waals surface area (Å²) in [5.74, 6) is 2.28. The molecule has 0 fully saturated rings. The van der Waals surface area contributed by atoms with Crippen molar-refractivity contribution in [3.63, 3.8) is 0 Å². The van der Waals surface area contributed by atoms with Gasteiger partial charge in [-0.3, -0.25) is 0 Å². The third-order valence-corrected chi connectivity index (χ3v) is 3.50. The van der Waals surface area contributed by atoms with E-state index in [0.29, 0.717) is 25.7 Å². The maximum absolute atomic E-state index is 5.71. The van der Waals surface area contributed by atoms with Crippen LogP contribution in [0.5, 0.6) is 11.5 Å². The standard InChI is InChI=1S/C19H25NO2/c1-15(2)17-6-8-18(9-7-17)21-12-13-22-19-5-3-4-16(14-19)10-11-20/h3-9,14-15H,10-13,20H2,1-2H3. The number of nitrogens with two attached hydrogens (primary N) is 1. The van der Waals surface area contributed by atoms with E-state index in [1.54, 1.807) is 0 Å². The smallest absolute Gasteiger partial charge is 0.122 e. The van der Waals surface area contributed by atoms with Crippen molar-refractivity contribution in [2.24, 2.45) is 5.73 Å². The molecule has 0 radical (unpaired) electrons. The molecule has 118 valence electrons. The number of hydrogen-bond acceptors (Lipinski definition) is 3. The van der Waals surface area contributed by atoms with Gasteiger partial charge in [-0.2, -0.15) is 0 Å². The van der Waals surface area contributed by atoms with Gasteiger partial charge in [-0.05, 0) is 54.3 Å². The highest BCUT2D eigenvalue weighted by Crippen LogP contribution is 2.18. The van der Waals surface area contributed by atoms with E-state index in [-0.39, 0.29) is 0 Å². The highest BCUT2D eigenvalue weighted by Gasteiger charge is 2.00. The molecular formula is C19H25NO2. The summed E-state index contributed by atoms with van der Waals surface area (Å²) < 4.78 is 11.4. The first-order chi connectivity index (χ1) is 10.7. The first-order valence-corrected chi connectivity index (χ1v) is 7.83. The molecule has 22 heavy (non-hydrogen) atoms. The molecule has 0 spiro atoms. The van der Waals surface area contributed by atoms with Crippen LogP contribution in [0.3, 0.4) is 0 Å². The largest absolute Gasteiger partial charge is 0.490 e. The molecule has 0 bridgehead atoms. The van der Waals surface area contributed by atoms with Crippen LogP contribution in [0, 0.1) is 0 Å². The van der Waals surface area contributed by atoms with Gasteiger partial charge < -0.3 is 15.2 Å². The fourth-order valence-electron chi connectivity index (χ4n) is 2.23. The summed E-state index contributed by atoms with van der Waals surface area (Å²) >= 11 is 0. The minimum absolute atomic E-state index is 0.526. The highest BCUT2D eigenvalue weighted by atomic mass is 16.5. The molecule has 2 N–H and O–H groups in total. The molecule has 2 aromatic carbocycles. The summed E-state index contributed by atoms with van der Waals surface area (Å²) in [4.78, 5) is 0. The Morgan fingerprint density at radius 1 is 0.909 bits per heavy atom. The Kier molecular flexibility index (Phi) is 6.28. The van der Waals surface area contributed by atoms with Crippen LogP contribution >= 0.6 is 0 Å². The number of rotatable bonds is 8. The van der Waals surface area contributed by atoms with Gasteiger partial charge in [0.2, 0.25) is 0 Å². The van der Waals surface area contributed by atoms with Gasteiger partial charge in [0.1, 0.15) is 24.7 Å². The van der Waals surface area contributed by atoms with Crippen molar-refractivity contribution in [1.82, 2.24) is 0 Å². The Morgan fingerprint density at radius 3 is 2.23 bits per heavy atom. The molecule has 2 rings (SSSR count). The van der Waals surface area contributed by atoms with Gasteiger partial charge in [-0.15, -0.1) is 0 Å². The molecule has 0 aliphatic heterocycles. The van der Waals surface area contributed by atoms with E-state index < -0.39 is 0 Å². The molecule has 3 nitrogen and oxygen atoms in total. The van der Waals surface area contributed by atoms with E-state index in [1.165, 1.54) is 11.1 Å². The molecule has 0 heterocycles. The predicted octanol–water partition coefficient (Wildman–Crippen LogP) is 3.77. The van der Waals surface area contributed by atoms with Crippen LogP contribution in [0.2, 0.25) is 0 Å². The lowest BCUT2D eigenvalue weighted by molar-refractivity contribution is 0.217. The van der Waals surface area contributed by atoms with Crippen molar-refractivity contribution >= 4 is 0 Å². The van der Waals surface area contributed by atoms with E-state index in [0.717, 1.165) is 17.9 Å². The fourth-order valence-corrected chi connectivity index (χ4v) is 2.23. The molecule has 0 amide bonds. The summed E-state index contributed by atoms with van der Waals surface area (Å²) in [7, 11) is 0. The Morgan fingerprint density at radius 2 is 1.59 bits per heavy atom. The van der Waals surface area contributed by atoms with Gasteiger partial charge in [-0.1, -0.05) is 38.1 Å². The van der Waals surface area contributed by atoms with Crippen LogP contribution in [0.15, 0.2) is 48.5 Å². The van der Waals surface area contributed by atoms with Gasteiger partial charge in [0.15, 0.2) is 0 Å². The van der Waals surface area contributed by atoms with Crippen LogP contribution < -0.4 is 15.2 Å². The van der Waals surface area contributed by atoms with Gasteiger partial charge >= 0.3 is 0 Å². The lowest BCUT2D eigenvalue weighted by Gasteiger charge is -2.10. The van der Waals surface area contributed by atoms with Crippen LogP contribution in [0.1, 0.15) is 30.9 Å². The van der Waals surface area contributed by atoms with E-state index in [4.69, 9.17) is 15.2 Å². The summed E-state index contributed by atoms with van der Waals surface area (Å²) in [6.45, 7) is 6.07. The van der Waals surface area contributed by atoms with Crippen molar-refractivity contribution in [1.29, 1.82) is 0 Å². The molecule has 0 aromatic heterocycles. The molecular weight excluding hydrogens is 274 g/mol. The molecule has 0 aliphatic rings. The number of benzene rings is 2. The van der Waals surface area contributed by atoms with Crippen LogP contribution in [-0.2, 0) is 6.42 Å². The summed E-state index contributed by atoms with van der Waals surface area (Å²) in [6.07, 6.45) is 0.871. The van der Waals surface area contributed by atoms with Crippen molar-refractivity contribution < 1.29 is 9.47 Å². The van der Waals surface area contributed by atoms with Crippen LogP contribution in [-0.4, -0.2) is 19.8 Å². The van der Waals surface area contributed by atoms with E-state index in [2.05, 4.69) is 32.0 Å². The number of ether oxygens (including phenoxy) is 2. The second-order valence-electron chi connectivity index (χ2n) is 5.61. The highest BCUT2D eigenvalue weighted by molar-refractivity contribution is 5.29. The average Bonchev–Trinajstić information content (AvgIpc) is 2.53. The van der Waals surface area contributed by atoms with Crippen molar-refractivity contribution in [2.75, 3.05) is 19.8 Å². The fraction of sp³-hybridized carbons (Fsp3) is 0.368. The normalized spacial score (nSPS) is 10.7. The predicted molar refractivity (Wildman–Crippen MR) is 90.7 cm³/mol. The summed E-state index contributed by atoms with van der Waals surface area (Å²) in [6, 6.07) is 16.3. The molecule has 0 unspecified atom stereocenters. The van der Waals surface area contributed by atoms with Crippen molar-refractivity contribution in [2.45, 2.75) is 26.2 Å². The second-order valence-corrected chi connectivity index (χ2v) is 5.61. The number of hydrogen-bond donors (Lipinski definition) is 1. The molecule has 0 aliphatic carbocycles. The zero-order chi connectivity index (χ0) is 15.8. The monoisotopic (exact) mass is 299 g/mol. The lowest BCUT2D eigenvalue weighted by Crippen LogP contribution is -2.09. The van der Waals surface area contributed by atoms with Crippen molar-refractivity contribution in [3.8, 4) is 11.5 Å². The van der Waals surface area contributed by atoms with Gasteiger partial charge in [0.05, 0.1) is 0 Å². The second kappa shape index (κ2) is 8.44. The maximum Gasteiger partial charge on any atom is 0.122 e. The topological polar surface area (TPSA) is 44.5 Å². The lowest BCUT2D eigenvalue weighted by atomic mass is 10.0. The van der Waals surface area contributed by atoms with Crippen LogP contribution in [0.4, 0.5) is 0 Å². The Labute approximate surface area is 133 Å². The van der Waals surface area contributed by atoms with E-state index in [1.807, 2.05) is 30.3 Å². The Balaban J connectivity index is 1.76. The van der Waals surface area contributed by atoms with Gasteiger partial charge in [-0.25, -0.2) is 0 Å². The molecule has 0 atom stereocenters. The Hall–Kier alpha value is -2.00. The minimum Gasteiger partial charge on any atom is -0.490 e. The zero-order valence-electron chi connectivity index (χ0n) is 13.4. The van der Waals surface area contributed by atoms with Crippen LogP contribution in [0.25, 0.3) is 0 Å². The van der Waals surface area contributed by atoms with Crippen molar-refractivity contribution in [3.05, 3.63) is 59.7 Å². The Bertz CT molecular complexity index is 564. The summed E-state index contributed by atoms with van der Waals surface area (Å²) in [5, 5.41) is 0. The van der Waals surface area contributed by atoms with Gasteiger partial charge in [0.25, 0.3) is 0 Å². The third kappa shape index (κ3) is 5.08. The van der Waals surface area contributed by atoms with E-state index >= 15 is 0 Å². The quantitative estimate of drug-likeness (QED) is 0.755. The SMILES string of the molecule is CC(C)c1ccc(OCCOc2cccc(CCN)c2)cc1. The van der Waals surface area contributed by atoms with E-state index in [9.17, 15) is 0 Å². The first-order valence-electron chi connectivity index (χ1n) is 7.83.